The first-order valence-corrected chi connectivity index (χ1v) is 2.60. The molecule has 0 saturated heterocycles. The molecule has 0 aliphatic carbocycles. The second kappa shape index (κ2) is 5.92. The van der Waals surface area contributed by atoms with Gasteiger partial charge in [-0.15, -0.1) is 0 Å². The van der Waals surface area contributed by atoms with Gasteiger partial charge in [-0.2, -0.15) is 7.05 Å². The molecule has 0 fully saturated rings. The summed E-state index contributed by atoms with van der Waals surface area (Å²) in [5, 5.41) is 1.86. The summed E-state index contributed by atoms with van der Waals surface area (Å²) in [5.41, 5.74) is 0. The lowest BCUT2D eigenvalue weighted by molar-refractivity contribution is -0.597. The van der Waals surface area contributed by atoms with Crippen molar-refractivity contribution < 1.29 is 10.1 Å². The van der Waals surface area contributed by atoms with Crippen LogP contribution in [0.4, 0.5) is 0 Å². The third kappa shape index (κ3) is 5.92. The number of hydrogen-bond acceptors (Lipinski definition) is 1. The lowest BCUT2D eigenvalue weighted by atomic mass is 10.7. The van der Waals surface area contributed by atoms with Gasteiger partial charge >= 0.3 is 0 Å². The fourth-order valence-electron chi connectivity index (χ4n) is 0.311. The molecule has 0 heterocycles. The van der Waals surface area contributed by atoms with Crippen LogP contribution in [0.15, 0.2) is 0 Å². The standard InChI is InChI=1S/C5H13NO/c1-3-7-5-4-6-2/h2-6H2,1H3. The zero-order chi connectivity index (χ0) is 5.54. The van der Waals surface area contributed by atoms with Gasteiger partial charge in [0.2, 0.25) is 0 Å². The smallest absolute Gasteiger partial charge is 0.0934 e. The summed E-state index contributed by atoms with van der Waals surface area (Å²) in [6.07, 6.45) is 0. The van der Waals surface area contributed by atoms with E-state index in [-0.39, 0.29) is 0 Å². The molecule has 7 heavy (non-hydrogen) atoms. The second-order valence-electron chi connectivity index (χ2n) is 1.27. The van der Waals surface area contributed by atoms with E-state index in [1.54, 1.807) is 0 Å². The highest BCUT2D eigenvalue weighted by atomic mass is 16.5. The number of rotatable bonds is 4. The van der Waals surface area contributed by atoms with Crippen molar-refractivity contribution in [3.8, 4) is 0 Å². The minimum Gasteiger partial charge on any atom is -0.477 e. The third-order valence-corrected chi connectivity index (χ3v) is 0.670. The number of ether oxygens (including phenoxy) is 1. The van der Waals surface area contributed by atoms with Crippen LogP contribution in [-0.4, -0.2) is 19.8 Å². The predicted molar refractivity (Wildman–Crippen MR) is 28.6 cm³/mol. The van der Waals surface area contributed by atoms with Gasteiger partial charge in [0.15, 0.2) is 0 Å². The van der Waals surface area contributed by atoms with Crippen LogP contribution in [0, 0.1) is 7.05 Å². The number of quaternary nitrogens is 1. The van der Waals surface area contributed by atoms with E-state index in [1.807, 2.05) is 12.2 Å². The summed E-state index contributed by atoms with van der Waals surface area (Å²) in [7, 11) is 3.55. The van der Waals surface area contributed by atoms with Crippen molar-refractivity contribution in [2.75, 3.05) is 19.8 Å². The van der Waals surface area contributed by atoms with Gasteiger partial charge in [-0.25, -0.2) is 0 Å². The highest BCUT2D eigenvalue weighted by Crippen LogP contribution is 1.64. The van der Waals surface area contributed by atoms with Crippen molar-refractivity contribution in [1.29, 1.82) is 0 Å². The molecule has 0 spiro atoms. The van der Waals surface area contributed by atoms with E-state index < -0.39 is 0 Å². The van der Waals surface area contributed by atoms with Gasteiger partial charge in [0.1, 0.15) is 0 Å². The van der Waals surface area contributed by atoms with Crippen LogP contribution >= 0.6 is 0 Å². The van der Waals surface area contributed by atoms with E-state index in [9.17, 15) is 0 Å². The molecule has 0 bridgehead atoms. The molecule has 0 aliphatic heterocycles. The summed E-state index contributed by atoms with van der Waals surface area (Å²) in [6.45, 7) is 4.59. The molecular formula is C5H13NO. The zero-order valence-corrected chi connectivity index (χ0v) is 4.81. The molecule has 2 heteroatoms. The maximum atomic E-state index is 5.00. The minimum atomic E-state index is 0.813. The Morgan fingerprint density at radius 1 is 1.71 bits per heavy atom. The van der Waals surface area contributed by atoms with E-state index in [4.69, 9.17) is 4.74 Å². The molecule has 0 amide bonds. The molecule has 0 aromatic heterocycles. The quantitative estimate of drug-likeness (QED) is 0.372. The topological polar surface area (TPSA) is 25.8 Å². The van der Waals surface area contributed by atoms with Crippen molar-refractivity contribution >= 4 is 0 Å². The summed E-state index contributed by atoms with van der Waals surface area (Å²) >= 11 is 0. The van der Waals surface area contributed by atoms with Crippen LogP contribution in [0.2, 0.25) is 0 Å². The van der Waals surface area contributed by atoms with Gasteiger partial charge in [-0.3, -0.25) is 0 Å². The Morgan fingerprint density at radius 2 is 2.43 bits per heavy atom. The Morgan fingerprint density at radius 3 is 2.86 bits per heavy atom. The molecule has 0 radical (unpaired) electrons. The Hall–Kier alpha value is -0.0800. The van der Waals surface area contributed by atoms with Gasteiger partial charge in [-0.05, 0) is 6.92 Å². The average molecular weight is 103 g/mol. The average Bonchev–Trinajstić information content (AvgIpc) is 1.69. The first-order valence-electron chi connectivity index (χ1n) is 2.60. The molecule has 2 N–H and O–H groups in total. The minimum absolute atomic E-state index is 0.813. The van der Waals surface area contributed by atoms with Crippen molar-refractivity contribution in [3.05, 3.63) is 7.05 Å². The van der Waals surface area contributed by atoms with Gasteiger partial charge < -0.3 is 10.1 Å². The number of nitrogens with two attached hydrogens (primary N) is 1. The van der Waals surface area contributed by atoms with Crippen LogP contribution in [0.1, 0.15) is 6.92 Å². The van der Waals surface area contributed by atoms with Crippen molar-refractivity contribution in [2.45, 2.75) is 6.92 Å². The highest BCUT2D eigenvalue weighted by Gasteiger charge is 1.77. The van der Waals surface area contributed by atoms with E-state index in [0.717, 1.165) is 19.8 Å². The first kappa shape index (κ1) is 6.92. The monoisotopic (exact) mass is 103 g/mol. The van der Waals surface area contributed by atoms with Crippen molar-refractivity contribution in [3.63, 3.8) is 0 Å². The Kier molecular flexibility index (Phi) is 5.85. The van der Waals surface area contributed by atoms with Crippen LogP contribution in [0.3, 0.4) is 0 Å². The molecule has 2 nitrogen and oxygen atoms in total. The Labute approximate surface area is 44.9 Å². The fourth-order valence-corrected chi connectivity index (χ4v) is 0.311. The zero-order valence-electron chi connectivity index (χ0n) is 4.81. The fraction of sp³-hybridized carbons (Fsp3) is 0.800. The predicted octanol–water partition coefficient (Wildman–Crippen LogP) is -0.622. The normalized spacial score (nSPS) is 9.43. The van der Waals surface area contributed by atoms with Crippen LogP contribution in [-0.2, 0) is 4.74 Å². The molecule has 44 valence electrons. The maximum Gasteiger partial charge on any atom is 0.0934 e. The summed E-state index contributed by atoms with van der Waals surface area (Å²) in [6, 6.07) is 0. The number of hydrogen-bond donors (Lipinski definition) is 1. The molecule has 0 unspecified atom stereocenters. The third-order valence-electron chi connectivity index (χ3n) is 0.670. The van der Waals surface area contributed by atoms with Crippen molar-refractivity contribution in [1.82, 2.24) is 0 Å². The van der Waals surface area contributed by atoms with Crippen molar-refractivity contribution in [2.24, 2.45) is 0 Å². The van der Waals surface area contributed by atoms with E-state index in [1.165, 1.54) is 0 Å². The van der Waals surface area contributed by atoms with Crippen LogP contribution in [0.25, 0.3) is 0 Å². The lowest BCUT2D eigenvalue weighted by Gasteiger charge is -1.98. The molecule has 0 aromatic carbocycles. The second-order valence-corrected chi connectivity index (χ2v) is 1.27. The lowest BCUT2D eigenvalue weighted by Crippen LogP contribution is -2.78. The van der Waals surface area contributed by atoms with Gasteiger partial charge in [0.05, 0.1) is 13.2 Å². The largest absolute Gasteiger partial charge is 0.477 e. The molecule has 0 atom stereocenters. The molecule has 0 aromatic rings. The summed E-state index contributed by atoms with van der Waals surface area (Å²) in [4.78, 5) is 0. The maximum absolute atomic E-state index is 5.00. The van der Waals surface area contributed by atoms with E-state index in [2.05, 4.69) is 7.05 Å². The van der Waals surface area contributed by atoms with Gasteiger partial charge in [0, 0.05) is 6.61 Å². The summed E-state index contributed by atoms with van der Waals surface area (Å²) in [5.74, 6) is 0. The molecule has 0 saturated carbocycles. The Bertz CT molecular complexity index is 27.3. The molecule has 0 rings (SSSR count). The van der Waals surface area contributed by atoms with E-state index >= 15 is 0 Å². The van der Waals surface area contributed by atoms with Crippen LogP contribution in [0.5, 0.6) is 0 Å². The van der Waals surface area contributed by atoms with E-state index in [0.29, 0.717) is 0 Å². The highest BCUT2D eigenvalue weighted by molar-refractivity contribution is 4.19. The van der Waals surface area contributed by atoms with Gasteiger partial charge in [0.25, 0.3) is 0 Å². The SMILES string of the molecule is [CH2-][NH2+]CCOCC. The molecule has 0 aliphatic rings. The molecular weight excluding hydrogens is 90.1 g/mol. The Balaban J connectivity index is 2.45. The van der Waals surface area contributed by atoms with Crippen LogP contribution < -0.4 is 5.32 Å². The van der Waals surface area contributed by atoms with Gasteiger partial charge in [-0.1, -0.05) is 0 Å². The first-order chi connectivity index (χ1) is 3.41. The summed E-state index contributed by atoms with van der Waals surface area (Å²) < 4.78 is 5.00.